The highest BCUT2D eigenvalue weighted by molar-refractivity contribution is 9.09. The largest absolute Gasteiger partial charge is 0.395 e. The van der Waals surface area contributed by atoms with Crippen LogP contribution in [0.2, 0.25) is 0 Å². The van der Waals surface area contributed by atoms with Gasteiger partial charge in [0.2, 0.25) is 0 Å². The Morgan fingerprint density at radius 2 is 2.08 bits per heavy atom. The maximum Gasteiger partial charge on any atom is 0.0584 e. The van der Waals surface area contributed by atoms with E-state index >= 15 is 0 Å². The summed E-state index contributed by atoms with van der Waals surface area (Å²) in [6.07, 6.45) is 2.49. The molecule has 0 amide bonds. The molecule has 0 radical (unpaired) electrons. The first-order chi connectivity index (χ1) is 6.15. The highest BCUT2D eigenvalue weighted by Crippen LogP contribution is 2.12. The van der Waals surface area contributed by atoms with Gasteiger partial charge in [-0.25, -0.2) is 0 Å². The topological polar surface area (TPSA) is 23.5 Å². The van der Waals surface area contributed by atoms with Gasteiger partial charge in [0.15, 0.2) is 0 Å². The summed E-state index contributed by atoms with van der Waals surface area (Å²) in [5, 5.41) is 10.0. The van der Waals surface area contributed by atoms with Crippen molar-refractivity contribution in [3.05, 3.63) is 0 Å². The number of aliphatic hydroxyl groups is 1. The standard InChI is InChI=1S/C10H22BrNO/c1-4-5-10(6-11)7-12(3)9(2)8-13/h9-10,13H,4-8H2,1-3H3. The number of alkyl halides is 1. The minimum atomic E-state index is 0.248. The summed E-state index contributed by atoms with van der Waals surface area (Å²) in [5.41, 5.74) is 0. The molecule has 0 aromatic carbocycles. The van der Waals surface area contributed by atoms with E-state index in [4.69, 9.17) is 5.11 Å². The molecule has 2 unspecified atom stereocenters. The van der Waals surface area contributed by atoms with Crippen LogP contribution in [0.4, 0.5) is 0 Å². The van der Waals surface area contributed by atoms with Crippen molar-refractivity contribution in [1.82, 2.24) is 4.90 Å². The maximum absolute atomic E-state index is 8.97. The normalized spacial score (nSPS) is 16.2. The van der Waals surface area contributed by atoms with Crippen LogP contribution in [-0.4, -0.2) is 41.6 Å². The second-order valence-electron chi connectivity index (χ2n) is 3.78. The first-order valence-corrected chi connectivity index (χ1v) is 6.14. The Kier molecular flexibility index (Phi) is 8.01. The fourth-order valence-corrected chi connectivity index (χ4v) is 1.88. The van der Waals surface area contributed by atoms with E-state index in [0.717, 1.165) is 11.9 Å². The molecule has 2 nitrogen and oxygen atoms in total. The lowest BCUT2D eigenvalue weighted by molar-refractivity contribution is 0.144. The van der Waals surface area contributed by atoms with Crippen molar-refractivity contribution < 1.29 is 5.11 Å². The number of aliphatic hydroxyl groups excluding tert-OH is 1. The summed E-state index contributed by atoms with van der Waals surface area (Å²) in [6.45, 7) is 5.58. The van der Waals surface area contributed by atoms with Crippen molar-refractivity contribution in [2.24, 2.45) is 5.92 Å². The van der Waals surface area contributed by atoms with Gasteiger partial charge in [-0.1, -0.05) is 29.3 Å². The van der Waals surface area contributed by atoms with Crippen LogP contribution in [-0.2, 0) is 0 Å². The number of hydrogen-bond donors (Lipinski definition) is 1. The summed E-state index contributed by atoms with van der Waals surface area (Å²) in [5.74, 6) is 0.712. The van der Waals surface area contributed by atoms with Crippen LogP contribution in [0.15, 0.2) is 0 Å². The second-order valence-corrected chi connectivity index (χ2v) is 4.43. The summed E-state index contributed by atoms with van der Waals surface area (Å²) in [7, 11) is 2.08. The number of rotatable bonds is 7. The van der Waals surface area contributed by atoms with E-state index in [-0.39, 0.29) is 12.6 Å². The van der Waals surface area contributed by atoms with Crippen LogP contribution in [0, 0.1) is 5.92 Å². The van der Waals surface area contributed by atoms with Crippen LogP contribution < -0.4 is 0 Å². The molecular weight excluding hydrogens is 230 g/mol. The lowest BCUT2D eigenvalue weighted by Gasteiger charge is -2.26. The van der Waals surface area contributed by atoms with Gasteiger partial charge in [-0.05, 0) is 26.3 Å². The van der Waals surface area contributed by atoms with Gasteiger partial charge in [0.25, 0.3) is 0 Å². The highest BCUT2D eigenvalue weighted by Gasteiger charge is 2.13. The zero-order valence-electron chi connectivity index (χ0n) is 8.96. The van der Waals surface area contributed by atoms with Gasteiger partial charge >= 0.3 is 0 Å². The van der Waals surface area contributed by atoms with Crippen LogP contribution in [0.5, 0.6) is 0 Å². The third-order valence-electron chi connectivity index (χ3n) is 2.48. The van der Waals surface area contributed by atoms with Gasteiger partial charge in [-0.2, -0.15) is 0 Å². The molecule has 0 saturated heterocycles. The molecule has 0 rings (SSSR count). The lowest BCUT2D eigenvalue weighted by atomic mass is 10.1. The molecule has 0 spiro atoms. The average molecular weight is 252 g/mol. The van der Waals surface area contributed by atoms with Crippen molar-refractivity contribution in [2.75, 3.05) is 25.5 Å². The first-order valence-electron chi connectivity index (χ1n) is 5.02. The summed E-state index contributed by atoms with van der Waals surface area (Å²) >= 11 is 3.53. The third-order valence-corrected chi connectivity index (χ3v) is 3.39. The van der Waals surface area contributed by atoms with E-state index in [2.05, 4.69) is 41.7 Å². The molecule has 0 heterocycles. The summed E-state index contributed by atoms with van der Waals surface area (Å²) in [6, 6.07) is 0.276. The Labute approximate surface area is 90.4 Å². The second kappa shape index (κ2) is 7.77. The first kappa shape index (κ1) is 13.4. The average Bonchev–Trinajstić information content (AvgIpc) is 2.15. The molecule has 0 aliphatic heterocycles. The molecule has 0 bridgehead atoms. The van der Waals surface area contributed by atoms with E-state index in [1.54, 1.807) is 0 Å². The molecular formula is C10H22BrNO. The zero-order chi connectivity index (χ0) is 10.3. The van der Waals surface area contributed by atoms with Crippen molar-refractivity contribution in [3.8, 4) is 0 Å². The Bertz CT molecular complexity index is 121. The van der Waals surface area contributed by atoms with Crippen LogP contribution >= 0.6 is 15.9 Å². The fraction of sp³-hybridized carbons (Fsp3) is 1.00. The summed E-state index contributed by atoms with van der Waals surface area (Å²) < 4.78 is 0. The molecule has 0 saturated carbocycles. The van der Waals surface area contributed by atoms with Crippen molar-refractivity contribution >= 4 is 15.9 Å². The lowest BCUT2D eigenvalue weighted by Crippen LogP contribution is -2.36. The van der Waals surface area contributed by atoms with Crippen LogP contribution in [0.1, 0.15) is 26.7 Å². The molecule has 0 aromatic rings. The van der Waals surface area contributed by atoms with Gasteiger partial charge < -0.3 is 10.0 Å². The van der Waals surface area contributed by atoms with E-state index in [0.29, 0.717) is 5.92 Å². The number of nitrogens with zero attached hydrogens (tertiary/aromatic N) is 1. The Morgan fingerprint density at radius 3 is 2.46 bits per heavy atom. The van der Waals surface area contributed by atoms with E-state index in [1.807, 2.05) is 0 Å². The molecule has 0 fully saturated rings. The van der Waals surface area contributed by atoms with Crippen molar-refractivity contribution in [1.29, 1.82) is 0 Å². The predicted octanol–water partition coefficient (Wildman–Crippen LogP) is 2.11. The predicted molar refractivity (Wildman–Crippen MR) is 61.4 cm³/mol. The molecule has 3 heteroatoms. The smallest absolute Gasteiger partial charge is 0.0584 e. The van der Waals surface area contributed by atoms with Gasteiger partial charge in [0.05, 0.1) is 6.61 Å². The molecule has 13 heavy (non-hydrogen) atoms. The molecule has 0 aliphatic rings. The quantitative estimate of drug-likeness (QED) is 0.701. The number of halogens is 1. The summed E-state index contributed by atoms with van der Waals surface area (Å²) in [4.78, 5) is 2.22. The van der Waals surface area contributed by atoms with Gasteiger partial charge in [-0.3, -0.25) is 0 Å². The Balaban J connectivity index is 3.78. The van der Waals surface area contributed by atoms with Gasteiger partial charge in [0, 0.05) is 17.9 Å². The molecule has 1 N–H and O–H groups in total. The van der Waals surface area contributed by atoms with Crippen LogP contribution in [0.3, 0.4) is 0 Å². The van der Waals surface area contributed by atoms with Gasteiger partial charge in [-0.15, -0.1) is 0 Å². The monoisotopic (exact) mass is 251 g/mol. The minimum absolute atomic E-state index is 0.248. The van der Waals surface area contributed by atoms with E-state index in [1.165, 1.54) is 12.8 Å². The number of hydrogen-bond acceptors (Lipinski definition) is 2. The molecule has 2 atom stereocenters. The third kappa shape index (κ3) is 5.66. The maximum atomic E-state index is 8.97. The molecule has 80 valence electrons. The molecule has 0 aromatic heterocycles. The fourth-order valence-electron chi connectivity index (χ4n) is 1.35. The number of likely N-dealkylation sites (N-methyl/N-ethyl adjacent to an activating group) is 1. The zero-order valence-corrected chi connectivity index (χ0v) is 10.5. The van der Waals surface area contributed by atoms with Crippen molar-refractivity contribution in [3.63, 3.8) is 0 Å². The Morgan fingerprint density at radius 1 is 1.46 bits per heavy atom. The minimum Gasteiger partial charge on any atom is -0.395 e. The van der Waals surface area contributed by atoms with Crippen LogP contribution in [0.25, 0.3) is 0 Å². The van der Waals surface area contributed by atoms with E-state index < -0.39 is 0 Å². The Hall–Kier alpha value is 0.400. The SMILES string of the molecule is CCCC(CBr)CN(C)C(C)CO. The van der Waals surface area contributed by atoms with E-state index in [9.17, 15) is 0 Å². The van der Waals surface area contributed by atoms with Gasteiger partial charge in [0.1, 0.15) is 0 Å². The highest BCUT2D eigenvalue weighted by atomic mass is 79.9. The molecule has 0 aliphatic carbocycles. The van der Waals surface area contributed by atoms with Crippen molar-refractivity contribution in [2.45, 2.75) is 32.7 Å².